The fourth-order valence-corrected chi connectivity index (χ4v) is 6.70. The lowest BCUT2D eigenvalue weighted by Gasteiger charge is -2.17. The molecule has 6 nitrogen and oxygen atoms in total. The van der Waals surface area contributed by atoms with Gasteiger partial charge in [0.25, 0.3) is 0 Å². The molecule has 6 N–H and O–H groups in total. The second-order valence-corrected chi connectivity index (χ2v) is 13.5. The van der Waals surface area contributed by atoms with Gasteiger partial charge in [-0.2, -0.15) is 0 Å². The minimum Gasteiger partial charge on any atom is -0.398 e. The monoisotopic (exact) mass is 804 g/mol. The Morgan fingerprint density at radius 3 is 1.22 bits per heavy atom. The predicted octanol–water partition coefficient (Wildman–Crippen LogP) is 8.63. The van der Waals surface area contributed by atoms with Crippen LogP contribution in [-0.2, 0) is 13.1 Å². The highest BCUT2D eigenvalue weighted by atomic mass is 35.5. The van der Waals surface area contributed by atoms with E-state index in [-0.39, 0.29) is 74.4 Å². The molecule has 14 heteroatoms. The fraction of sp³-hybridized carbons (Fsp3) is 0.625. The van der Waals surface area contributed by atoms with E-state index < -0.39 is 0 Å². The van der Waals surface area contributed by atoms with Gasteiger partial charge < -0.3 is 31.9 Å². The first-order chi connectivity index (χ1) is 19.6. The highest BCUT2D eigenvalue weighted by Gasteiger charge is 2.02. The first-order valence-electron chi connectivity index (χ1n) is 15.3. The van der Waals surface area contributed by atoms with Crippen LogP contribution in [0.15, 0.2) is 48.5 Å². The van der Waals surface area contributed by atoms with Crippen LogP contribution in [0.5, 0.6) is 0 Å². The van der Waals surface area contributed by atoms with Crippen molar-refractivity contribution in [2.45, 2.75) is 64.5 Å². The molecule has 0 fully saturated rings. The van der Waals surface area contributed by atoms with Gasteiger partial charge in [0.15, 0.2) is 0 Å². The van der Waals surface area contributed by atoms with Gasteiger partial charge in [0.1, 0.15) is 0 Å². The van der Waals surface area contributed by atoms with Gasteiger partial charge in [-0.15, -0.1) is 74.4 Å². The van der Waals surface area contributed by atoms with E-state index in [0.29, 0.717) is 0 Å². The number of hydrogen-bond acceptors (Lipinski definition) is 8. The van der Waals surface area contributed by atoms with Crippen molar-refractivity contribution >= 4 is 107 Å². The zero-order valence-corrected chi connectivity index (χ0v) is 34.2. The molecular weight excluding hydrogens is 745 g/mol. The molecule has 0 aromatic heterocycles. The van der Waals surface area contributed by atoms with Crippen molar-refractivity contribution in [3.8, 4) is 0 Å². The van der Waals surface area contributed by atoms with Crippen LogP contribution in [0.25, 0.3) is 0 Å². The van der Waals surface area contributed by atoms with Gasteiger partial charge in [0.2, 0.25) is 0 Å². The zero-order valence-electron chi connectivity index (χ0n) is 27.7. The quantitative estimate of drug-likeness (QED) is 0.0452. The summed E-state index contributed by atoms with van der Waals surface area (Å²) in [7, 11) is 8.59. The highest BCUT2D eigenvalue weighted by molar-refractivity contribution is 8.76. The van der Waals surface area contributed by atoms with Gasteiger partial charge >= 0.3 is 0 Å². The molecule has 46 heavy (non-hydrogen) atoms. The molecule has 0 spiro atoms. The Morgan fingerprint density at radius 1 is 0.500 bits per heavy atom. The Labute approximate surface area is 326 Å². The summed E-state index contributed by atoms with van der Waals surface area (Å²) >= 11 is 0. The van der Waals surface area contributed by atoms with Gasteiger partial charge in [-0.3, -0.25) is 0 Å². The maximum atomic E-state index is 6.00. The second kappa shape index (κ2) is 38.1. The molecule has 0 saturated carbocycles. The number of unbranched alkanes of at least 4 members (excludes halogenated alkanes) is 6. The molecule has 0 radical (unpaired) electrons. The number of nitrogens with zero attached hydrogens (tertiary/aromatic N) is 2. The number of halogens is 6. The third kappa shape index (κ3) is 29.3. The summed E-state index contributed by atoms with van der Waals surface area (Å²) in [6.45, 7) is 8.65. The van der Waals surface area contributed by atoms with Gasteiger partial charge in [-0.25, -0.2) is 0 Å². The standard InChI is InChI=1S/C32H56N6S2.6ClH/c1-37(21-13-5-3-11-19-35-27-29-15-7-9-17-31(29)33)23-25-39-40-26-24-38(2)22-14-6-4-12-20-36-28-30-16-8-10-18-32(30)34;;;;;;/h7-10,15-18,35-36H,3-6,11-14,19-28,33-34H2,1-2H3;6*1H. The van der Waals surface area contributed by atoms with E-state index in [4.69, 9.17) is 11.5 Å². The van der Waals surface area contributed by atoms with Crippen LogP contribution in [-0.4, -0.2) is 74.7 Å². The highest BCUT2D eigenvalue weighted by Crippen LogP contribution is 2.21. The first kappa shape index (κ1) is 55.7. The Bertz CT molecular complexity index is 838. The molecule has 0 heterocycles. The molecule has 0 aliphatic rings. The van der Waals surface area contributed by atoms with Gasteiger partial charge in [0, 0.05) is 49.1 Å². The van der Waals surface area contributed by atoms with Gasteiger partial charge in [0.05, 0.1) is 0 Å². The molecule has 2 rings (SSSR count). The van der Waals surface area contributed by atoms with Crippen molar-refractivity contribution < 1.29 is 0 Å². The third-order valence-electron chi connectivity index (χ3n) is 7.22. The average molecular weight is 808 g/mol. The number of hydrogen-bond donors (Lipinski definition) is 4. The van der Waals surface area contributed by atoms with E-state index in [1.54, 1.807) is 0 Å². The summed E-state index contributed by atoms with van der Waals surface area (Å²) in [6, 6.07) is 16.2. The SMILES string of the molecule is CN(CCCCCCNCc1ccccc1N)CCSSCCN(C)CCCCCCNCc1ccccc1N.Cl.Cl.Cl.Cl.Cl.Cl. The lowest BCUT2D eigenvalue weighted by atomic mass is 10.1. The molecule has 0 unspecified atom stereocenters. The number of nitrogens with two attached hydrogens (primary N) is 2. The second-order valence-electron chi connectivity index (χ2n) is 10.8. The first-order valence-corrected chi connectivity index (χ1v) is 17.7. The molecular formula is C32H62Cl6N6S2. The average Bonchev–Trinajstić information content (AvgIpc) is 2.95. The topological polar surface area (TPSA) is 82.6 Å². The zero-order chi connectivity index (χ0) is 28.7. The van der Waals surface area contributed by atoms with Crippen molar-refractivity contribution in [2.75, 3.05) is 76.3 Å². The number of para-hydroxylation sites is 2. The molecule has 274 valence electrons. The number of benzene rings is 2. The van der Waals surface area contributed by atoms with E-state index in [2.05, 4.69) is 58.8 Å². The van der Waals surface area contributed by atoms with Crippen LogP contribution in [0, 0.1) is 0 Å². The summed E-state index contributed by atoms with van der Waals surface area (Å²) in [4.78, 5) is 4.98. The van der Waals surface area contributed by atoms with E-state index in [9.17, 15) is 0 Å². The van der Waals surface area contributed by atoms with Gasteiger partial charge in [-0.1, -0.05) is 83.7 Å². The van der Waals surface area contributed by atoms with Crippen LogP contribution in [0.2, 0.25) is 0 Å². The molecule has 0 amide bonds. The summed E-state index contributed by atoms with van der Waals surface area (Å²) in [5.41, 5.74) is 16.2. The van der Waals surface area contributed by atoms with Crippen LogP contribution < -0.4 is 22.1 Å². The number of nitrogens with one attached hydrogen (secondary N) is 2. The normalized spacial score (nSPS) is 10.1. The molecule has 2 aromatic rings. The van der Waals surface area contributed by atoms with Crippen LogP contribution >= 0.6 is 96.0 Å². The van der Waals surface area contributed by atoms with Crippen LogP contribution in [0.1, 0.15) is 62.5 Å². The summed E-state index contributed by atoms with van der Waals surface area (Å²) in [6.07, 6.45) is 10.3. The van der Waals surface area contributed by atoms with Gasteiger partial charge in [-0.05, 0) is 89.2 Å². The van der Waals surface area contributed by atoms with Crippen molar-refractivity contribution in [1.29, 1.82) is 0 Å². The molecule has 0 atom stereocenters. The predicted molar refractivity (Wildman–Crippen MR) is 225 cm³/mol. The molecule has 2 aromatic carbocycles. The van der Waals surface area contributed by atoms with Crippen molar-refractivity contribution in [1.82, 2.24) is 20.4 Å². The fourth-order valence-electron chi connectivity index (χ4n) is 4.53. The van der Waals surface area contributed by atoms with Crippen LogP contribution in [0.4, 0.5) is 11.4 Å². The Morgan fingerprint density at radius 2 is 0.848 bits per heavy atom. The third-order valence-corrected chi connectivity index (χ3v) is 9.59. The smallest absolute Gasteiger partial charge is 0.0359 e. The minimum absolute atomic E-state index is 0. The number of nitrogen functional groups attached to an aromatic ring is 2. The summed E-state index contributed by atoms with van der Waals surface area (Å²) in [5, 5.41) is 7.03. The van der Waals surface area contributed by atoms with E-state index in [1.165, 1.54) is 100 Å². The summed E-state index contributed by atoms with van der Waals surface area (Å²) < 4.78 is 0. The van der Waals surface area contributed by atoms with Crippen molar-refractivity contribution in [3.63, 3.8) is 0 Å². The largest absolute Gasteiger partial charge is 0.398 e. The molecule has 0 saturated heterocycles. The van der Waals surface area contributed by atoms with Crippen LogP contribution in [0.3, 0.4) is 0 Å². The lowest BCUT2D eigenvalue weighted by molar-refractivity contribution is 0.343. The molecule has 0 aliphatic carbocycles. The van der Waals surface area contributed by atoms with Crippen molar-refractivity contribution in [3.05, 3.63) is 59.7 Å². The number of rotatable bonds is 25. The number of anilines is 2. The summed E-state index contributed by atoms with van der Waals surface area (Å²) in [5.74, 6) is 2.42. The van der Waals surface area contributed by atoms with E-state index >= 15 is 0 Å². The van der Waals surface area contributed by atoms with E-state index in [1.807, 2.05) is 45.9 Å². The Balaban J connectivity index is -0.000000934. The Kier molecular flexibility index (Phi) is 46.2. The maximum Gasteiger partial charge on any atom is 0.0359 e. The Hall–Kier alpha value is 0.320. The van der Waals surface area contributed by atoms with Crippen molar-refractivity contribution in [2.24, 2.45) is 0 Å². The molecule has 0 aliphatic heterocycles. The molecule has 0 bridgehead atoms. The lowest BCUT2D eigenvalue weighted by Crippen LogP contribution is -2.23. The maximum absolute atomic E-state index is 6.00. The van der Waals surface area contributed by atoms with E-state index in [0.717, 1.165) is 37.6 Å². The minimum atomic E-state index is 0.